The number of ether oxygens (including phenoxy) is 2. The predicted molar refractivity (Wildman–Crippen MR) is 95.5 cm³/mol. The summed E-state index contributed by atoms with van der Waals surface area (Å²) in [6.07, 6.45) is 0.788. The SMILES string of the molecule is Cc1cccc(F)c1COC(=O)N1CCO[C@H](c2nc3cccnc3[nH]2)C1. The Morgan fingerprint density at radius 1 is 1.41 bits per heavy atom. The number of benzene rings is 1. The van der Waals surface area contributed by atoms with E-state index in [0.29, 0.717) is 36.7 Å². The van der Waals surface area contributed by atoms with Crippen LogP contribution in [0.15, 0.2) is 36.5 Å². The monoisotopic (exact) mass is 370 g/mol. The summed E-state index contributed by atoms with van der Waals surface area (Å²) in [5.74, 6) is 0.239. The summed E-state index contributed by atoms with van der Waals surface area (Å²) in [5.41, 5.74) is 2.55. The molecule has 7 nitrogen and oxygen atoms in total. The zero-order valence-corrected chi connectivity index (χ0v) is 14.8. The molecule has 4 rings (SSSR count). The number of nitrogens with one attached hydrogen (secondary N) is 1. The molecule has 1 aliphatic rings. The molecule has 1 amide bonds. The van der Waals surface area contributed by atoms with E-state index in [9.17, 15) is 9.18 Å². The molecule has 3 aromatic rings. The third-order valence-corrected chi connectivity index (χ3v) is 4.60. The highest BCUT2D eigenvalue weighted by molar-refractivity contribution is 5.70. The molecule has 0 spiro atoms. The minimum absolute atomic E-state index is 0.103. The number of pyridine rings is 1. The van der Waals surface area contributed by atoms with Crippen LogP contribution in [0.5, 0.6) is 0 Å². The molecule has 0 unspecified atom stereocenters. The fourth-order valence-electron chi connectivity index (χ4n) is 3.07. The Balaban J connectivity index is 1.42. The Labute approximate surface area is 155 Å². The number of H-pyrrole nitrogens is 1. The molecule has 0 saturated carbocycles. The second-order valence-electron chi connectivity index (χ2n) is 6.39. The number of rotatable bonds is 3. The van der Waals surface area contributed by atoms with Gasteiger partial charge in [0.05, 0.1) is 13.2 Å². The van der Waals surface area contributed by atoms with Crippen LogP contribution >= 0.6 is 0 Å². The number of aromatic amines is 1. The van der Waals surface area contributed by atoms with Gasteiger partial charge >= 0.3 is 6.09 Å². The van der Waals surface area contributed by atoms with Gasteiger partial charge in [0.25, 0.3) is 0 Å². The molecule has 1 N–H and O–H groups in total. The van der Waals surface area contributed by atoms with Crippen molar-refractivity contribution in [2.75, 3.05) is 19.7 Å². The van der Waals surface area contributed by atoms with Crippen LogP contribution in [-0.4, -0.2) is 45.6 Å². The van der Waals surface area contributed by atoms with Gasteiger partial charge in [-0.15, -0.1) is 0 Å². The second-order valence-corrected chi connectivity index (χ2v) is 6.39. The van der Waals surface area contributed by atoms with Crippen LogP contribution in [0.1, 0.15) is 23.1 Å². The Bertz CT molecular complexity index is 921. The number of imidazole rings is 1. The summed E-state index contributed by atoms with van der Waals surface area (Å²) in [5, 5.41) is 0. The van der Waals surface area contributed by atoms with Gasteiger partial charge in [0.1, 0.15) is 29.9 Å². The number of hydrogen-bond acceptors (Lipinski definition) is 5. The molecule has 8 heteroatoms. The number of halogens is 1. The standard InChI is InChI=1S/C19H19FN4O3/c1-12-4-2-5-14(20)13(12)11-27-19(25)24-8-9-26-16(10-24)18-22-15-6-3-7-21-17(15)23-18/h2-7,16H,8-11H2,1H3,(H,21,22,23)/t16-/m0/s1. The number of amides is 1. The maximum atomic E-state index is 13.9. The van der Waals surface area contributed by atoms with Crippen molar-refractivity contribution in [1.29, 1.82) is 0 Å². The topological polar surface area (TPSA) is 80.3 Å². The number of aromatic nitrogens is 3. The normalized spacial score (nSPS) is 17.3. The van der Waals surface area contributed by atoms with Crippen molar-refractivity contribution >= 4 is 17.3 Å². The van der Waals surface area contributed by atoms with E-state index in [1.165, 1.54) is 6.07 Å². The van der Waals surface area contributed by atoms with Gasteiger partial charge in [0.2, 0.25) is 0 Å². The smallest absolute Gasteiger partial charge is 0.410 e. The van der Waals surface area contributed by atoms with Crippen molar-refractivity contribution in [1.82, 2.24) is 19.9 Å². The van der Waals surface area contributed by atoms with Gasteiger partial charge in [-0.05, 0) is 30.7 Å². The van der Waals surface area contributed by atoms with Crippen molar-refractivity contribution < 1.29 is 18.7 Å². The molecular formula is C19H19FN4O3. The van der Waals surface area contributed by atoms with Crippen molar-refractivity contribution in [3.05, 3.63) is 59.3 Å². The van der Waals surface area contributed by atoms with E-state index in [-0.39, 0.29) is 12.4 Å². The fourth-order valence-corrected chi connectivity index (χ4v) is 3.07. The van der Waals surface area contributed by atoms with Gasteiger partial charge in [0, 0.05) is 18.3 Å². The summed E-state index contributed by atoms with van der Waals surface area (Å²) >= 11 is 0. The molecule has 1 fully saturated rings. The Morgan fingerprint density at radius 2 is 2.30 bits per heavy atom. The summed E-state index contributed by atoms with van der Waals surface area (Å²) in [6.45, 7) is 2.75. The summed E-state index contributed by atoms with van der Waals surface area (Å²) in [4.78, 5) is 25.8. The van der Waals surface area contributed by atoms with Crippen LogP contribution in [0.25, 0.3) is 11.2 Å². The van der Waals surface area contributed by atoms with Crippen LogP contribution in [0.3, 0.4) is 0 Å². The van der Waals surface area contributed by atoms with Crippen LogP contribution in [-0.2, 0) is 16.1 Å². The first kappa shape index (κ1) is 17.4. The maximum absolute atomic E-state index is 13.9. The molecule has 1 aromatic carbocycles. The zero-order valence-electron chi connectivity index (χ0n) is 14.8. The van der Waals surface area contributed by atoms with Gasteiger partial charge < -0.3 is 19.4 Å². The first-order chi connectivity index (χ1) is 13.1. The number of carbonyl (C=O) groups is 1. The minimum atomic E-state index is -0.500. The van der Waals surface area contributed by atoms with Crippen molar-refractivity contribution in [2.24, 2.45) is 0 Å². The molecule has 1 atom stereocenters. The Kier molecular flexibility index (Phi) is 4.72. The van der Waals surface area contributed by atoms with Crippen LogP contribution in [0, 0.1) is 12.7 Å². The lowest BCUT2D eigenvalue weighted by atomic mass is 10.1. The first-order valence-electron chi connectivity index (χ1n) is 8.70. The van der Waals surface area contributed by atoms with Crippen LogP contribution < -0.4 is 0 Å². The lowest BCUT2D eigenvalue weighted by Crippen LogP contribution is -2.42. The van der Waals surface area contributed by atoms with Crippen LogP contribution in [0.2, 0.25) is 0 Å². The van der Waals surface area contributed by atoms with E-state index in [1.54, 1.807) is 30.2 Å². The highest BCUT2D eigenvalue weighted by atomic mass is 19.1. The molecule has 0 radical (unpaired) electrons. The average molecular weight is 370 g/mol. The highest BCUT2D eigenvalue weighted by Gasteiger charge is 2.28. The Hall–Kier alpha value is -3.00. The maximum Gasteiger partial charge on any atom is 0.410 e. The second kappa shape index (κ2) is 7.32. The van der Waals surface area contributed by atoms with Crippen molar-refractivity contribution in [2.45, 2.75) is 19.6 Å². The van der Waals surface area contributed by atoms with Crippen LogP contribution in [0.4, 0.5) is 9.18 Å². The van der Waals surface area contributed by atoms with Gasteiger partial charge in [-0.1, -0.05) is 12.1 Å². The zero-order chi connectivity index (χ0) is 18.8. The molecular weight excluding hydrogens is 351 g/mol. The molecule has 0 bridgehead atoms. The van der Waals surface area contributed by atoms with Gasteiger partial charge in [0.15, 0.2) is 5.65 Å². The number of nitrogens with zero attached hydrogens (tertiary/aromatic N) is 3. The lowest BCUT2D eigenvalue weighted by Gasteiger charge is -2.31. The molecule has 1 aliphatic heterocycles. The average Bonchev–Trinajstić information content (AvgIpc) is 3.12. The predicted octanol–water partition coefficient (Wildman–Crippen LogP) is 3.12. The highest BCUT2D eigenvalue weighted by Crippen LogP contribution is 2.23. The fraction of sp³-hybridized carbons (Fsp3) is 0.316. The van der Waals surface area contributed by atoms with Crippen molar-refractivity contribution in [3.63, 3.8) is 0 Å². The number of morpholine rings is 1. The van der Waals surface area contributed by atoms with E-state index in [0.717, 1.165) is 11.1 Å². The van der Waals surface area contributed by atoms with E-state index in [1.807, 2.05) is 12.1 Å². The summed E-state index contributed by atoms with van der Waals surface area (Å²) in [6, 6.07) is 8.44. The third-order valence-electron chi connectivity index (χ3n) is 4.60. The third kappa shape index (κ3) is 3.61. The number of fused-ring (bicyclic) bond motifs is 1. The molecule has 0 aliphatic carbocycles. The number of aryl methyl sites for hydroxylation is 1. The largest absolute Gasteiger partial charge is 0.444 e. The minimum Gasteiger partial charge on any atom is -0.444 e. The van der Waals surface area contributed by atoms with E-state index >= 15 is 0 Å². The molecule has 2 aromatic heterocycles. The number of hydrogen-bond donors (Lipinski definition) is 1. The first-order valence-corrected chi connectivity index (χ1v) is 8.70. The van der Waals surface area contributed by atoms with E-state index in [2.05, 4.69) is 15.0 Å². The van der Waals surface area contributed by atoms with E-state index < -0.39 is 12.2 Å². The van der Waals surface area contributed by atoms with Crippen molar-refractivity contribution in [3.8, 4) is 0 Å². The molecule has 27 heavy (non-hydrogen) atoms. The molecule has 140 valence electrons. The lowest BCUT2D eigenvalue weighted by molar-refractivity contribution is -0.0331. The van der Waals surface area contributed by atoms with Gasteiger partial charge in [-0.25, -0.2) is 19.2 Å². The van der Waals surface area contributed by atoms with E-state index in [4.69, 9.17) is 9.47 Å². The molecule has 3 heterocycles. The number of carbonyl (C=O) groups excluding carboxylic acids is 1. The van der Waals surface area contributed by atoms with Gasteiger partial charge in [-0.3, -0.25) is 0 Å². The summed E-state index contributed by atoms with van der Waals surface area (Å²) in [7, 11) is 0. The Morgan fingerprint density at radius 3 is 3.11 bits per heavy atom. The quantitative estimate of drug-likeness (QED) is 0.766. The summed E-state index contributed by atoms with van der Waals surface area (Å²) < 4.78 is 24.9. The molecule has 1 saturated heterocycles. The van der Waals surface area contributed by atoms with Gasteiger partial charge in [-0.2, -0.15) is 0 Å².